The molecule has 0 aliphatic rings. The molecule has 0 atom stereocenters. The van der Waals surface area contributed by atoms with E-state index in [0.717, 1.165) is 22.5 Å². The van der Waals surface area contributed by atoms with E-state index in [1.54, 1.807) is 11.3 Å². The van der Waals surface area contributed by atoms with Crippen LogP contribution in [-0.2, 0) is 21.1 Å². The largest absolute Gasteiger partial charge is 2.00 e. The van der Waals surface area contributed by atoms with Gasteiger partial charge in [-0.05, 0) is 39.7 Å². The quantitative estimate of drug-likeness (QED) is 0.190. The minimum Gasteiger partial charge on any atom is -0.422 e. The van der Waals surface area contributed by atoms with E-state index in [4.69, 9.17) is 9.72 Å². The molecule has 3 aromatic carbocycles. The van der Waals surface area contributed by atoms with Gasteiger partial charge in [0, 0.05) is 4.70 Å². The van der Waals surface area contributed by atoms with Gasteiger partial charge in [0.25, 0.3) is 0 Å². The van der Waals surface area contributed by atoms with Crippen LogP contribution in [0.1, 0.15) is 0 Å². The zero-order valence-corrected chi connectivity index (χ0v) is 20.4. The minimum atomic E-state index is 0. The van der Waals surface area contributed by atoms with Gasteiger partial charge in [0.05, 0.1) is 0 Å². The van der Waals surface area contributed by atoms with Gasteiger partial charge in [-0.2, -0.15) is 11.3 Å². The van der Waals surface area contributed by atoms with Crippen molar-refractivity contribution in [2.75, 3.05) is 0 Å². The monoisotopic (exact) mass is 623 g/mol. The van der Waals surface area contributed by atoms with Crippen molar-refractivity contribution in [2.45, 2.75) is 0 Å². The van der Waals surface area contributed by atoms with Gasteiger partial charge >= 0.3 is 21.1 Å². The van der Waals surface area contributed by atoms with Crippen LogP contribution in [0.25, 0.3) is 42.7 Å². The third kappa shape index (κ3) is 4.32. The molecule has 0 aliphatic carbocycles. The molecule has 3 heterocycles. The van der Waals surface area contributed by atoms with Crippen molar-refractivity contribution in [3.8, 4) is 34.3 Å². The van der Waals surface area contributed by atoms with Gasteiger partial charge in [0.15, 0.2) is 0 Å². The second-order valence-electron chi connectivity index (χ2n) is 7.32. The molecular weight excluding hydrogens is 607 g/mol. The number of nitrogens with zero attached hydrogens (tertiary/aromatic N) is 2. The average Bonchev–Trinajstić information content (AvgIpc) is 3.23. The summed E-state index contributed by atoms with van der Waals surface area (Å²) in [6.07, 6.45) is 0. The average molecular weight is 624 g/mol. The van der Waals surface area contributed by atoms with E-state index in [2.05, 4.69) is 47.4 Å². The van der Waals surface area contributed by atoms with Gasteiger partial charge in [-0.1, -0.05) is 47.9 Å². The zero-order valence-electron chi connectivity index (χ0n) is 17.3. The van der Waals surface area contributed by atoms with Gasteiger partial charge < -0.3 is 4.74 Å². The van der Waals surface area contributed by atoms with Crippen LogP contribution in [0.4, 0.5) is 0 Å². The first kappa shape index (κ1) is 21.5. The molecule has 0 spiro atoms. The van der Waals surface area contributed by atoms with E-state index in [-0.39, 0.29) is 21.1 Å². The first-order valence-corrected chi connectivity index (χ1v) is 11.1. The normalized spacial score (nSPS) is 10.8. The molecule has 0 saturated heterocycles. The summed E-state index contributed by atoms with van der Waals surface area (Å²) in [7, 11) is 0. The van der Waals surface area contributed by atoms with E-state index in [9.17, 15) is 0 Å². The van der Waals surface area contributed by atoms with E-state index >= 15 is 0 Å². The van der Waals surface area contributed by atoms with Crippen LogP contribution in [0.5, 0.6) is 11.8 Å². The fourth-order valence-electron chi connectivity index (χ4n) is 3.72. The standard InChI is InChI=1S/C28H16N2OS.Pt/c1-2-8-19(9-3-1)23-11-6-14-27(29-23)31-28-15-7-12-24(30-28)20-16-17-26-22(18-20)21-10-4-5-13-25(21)32-26;/h1-8,10-15,17-18H;/q-2;+2. The topological polar surface area (TPSA) is 35.0 Å². The van der Waals surface area contributed by atoms with Crippen LogP contribution in [0.15, 0.2) is 97.1 Å². The molecule has 3 aromatic heterocycles. The van der Waals surface area contributed by atoms with Gasteiger partial charge in [-0.15, -0.1) is 59.7 Å². The van der Waals surface area contributed by atoms with Crippen LogP contribution in [0.2, 0.25) is 0 Å². The van der Waals surface area contributed by atoms with Gasteiger partial charge in [-0.25, -0.2) is 0 Å². The Morgan fingerprint density at radius 3 is 2.12 bits per heavy atom. The fraction of sp³-hybridized carbons (Fsp3) is 0. The molecule has 0 bridgehead atoms. The molecule has 33 heavy (non-hydrogen) atoms. The van der Waals surface area contributed by atoms with Gasteiger partial charge in [0.1, 0.15) is 0 Å². The molecule has 6 aromatic rings. The molecule has 3 nitrogen and oxygen atoms in total. The summed E-state index contributed by atoms with van der Waals surface area (Å²) >= 11 is 1.78. The van der Waals surface area contributed by atoms with E-state index in [0.29, 0.717) is 11.8 Å². The number of hydrogen-bond donors (Lipinski definition) is 0. The zero-order chi connectivity index (χ0) is 21.3. The van der Waals surface area contributed by atoms with Crippen molar-refractivity contribution in [1.29, 1.82) is 0 Å². The third-order valence-corrected chi connectivity index (χ3v) is 6.36. The first-order chi connectivity index (χ1) is 15.8. The Bertz CT molecular complexity index is 1560. The maximum Gasteiger partial charge on any atom is 2.00 e. The van der Waals surface area contributed by atoms with Crippen LogP contribution >= 0.6 is 11.3 Å². The Balaban J connectivity index is 0.00000228. The second-order valence-corrected chi connectivity index (χ2v) is 8.41. The summed E-state index contributed by atoms with van der Waals surface area (Å²) in [5.74, 6) is 0.987. The molecule has 0 saturated carbocycles. The van der Waals surface area contributed by atoms with E-state index in [1.165, 1.54) is 20.2 Å². The summed E-state index contributed by atoms with van der Waals surface area (Å²) in [5, 5.41) is 2.48. The van der Waals surface area contributed by atoms with Crippen LogP contribution in [0.3, 0.4) is 0 Å². The summed E-state index contributed by atoms with van der Waals surface area (Å²) in [6, 6.07) is 38.4. The van der Waals surface area contributed by atoms with Gasteiger partial charge in [0.2, 0.25) is 11.8 Å². The maximum absolute atomic E-state index is 6.00. The summed E-state index contributed by atoms with van der Waals surface area (Å²) < 4.78 is 8.50. The predicted octanol–water partition coefficient (Wildman–Crippen LogP) is 7.57. The number of pyridine rings is 2. The molecule has 0 fully saturated rings. The summed E-state index contributed by atoms with van der Waals surface area (Å²) in [5.41, 5.74) is 3.48. The number of aromatic nitrogens is 2. The predicted molar refractivity (Wildman–Crippen MR) is 130 cm³/mol. The van der Waals surface area contributed by atoms with Crippen molar-refractivity contribution in [1.82, 2.24) is 9.97 Å². The van der Waals surface area contributed by atoms with Crippen molar-refractivity contribution in [2.24, 2.45) is 0 Å². The number of thiophene rings is 1. The molecule has 0 amide bonds. The van der Waals surface area contributed by atoms with Crippen molar-refractivity contribution in [3.05, 3.63) is 109 Å². The molecule has 0 unspecified atom stereocenters. The number of ether oxygens (including phenoxy) is 1. The smallest absolute Gasteiger partial charge is 0.422 e. The van der Waals surface area contributed by atoms with Crippen LogP contribution < -0.4 is 4.74 Å². The molecule has 0 N–H and O–H groups in total. The Morgan fingerprint density at radius 2 is 1.36 bits per heavy atom. The number of rotatable bonds is 4. The summed E-state index contributed by atoms with van der Waals surface area (Å²) in [6.45, 7) is 0. The Labute approximate surface area is 210 Å². The molecule has 160 valence electrons. The Morgan fingerprint density at radius 1 is 0.636 bits per heavy atom. The number of fused-ring (bicyclic) bond motifs is 3. The molecule has 0 radical (unpaired) electrons. The molecule has 0 aliphatic heterocycles. The first-order valence-electron chi connectivity index (χ1n) is 10.3. The molecule has 6 rings (SSSR count). The second kappa shape index (κ2) is 9.27. The third-order valence-electron chi connectivity index (χ3n) is 5.23. The number of hydrogen-bond acceptors (Lipinski definition) is 4. The van der Waals surface area contributed by atoms with Crippen molar-refractivity contribution < 1.29 is 25.8 Å². The van der Waals surface area contributed by atoms with Crippen molar-refractivity contribution in [3.63, 3.8) is 0 Å². The van der Waals surface area contributed by atoms with Crippen molar-refractivity contribution >= 4 is 31.5 Å². The Kier molecular flexibility index (Phi) is 6.04. The SMILES string of the molecule is [Pt+2].[c-]1ccccc1-c1cccc(Oc2cccc(-c3[c-]cc4sc5ccccc5c4c3)n2)n1. The van der Waals surface area contributed by atoms with E-state index in [1.807, 2.05) is 66.7 Å². The van der Waals surface area contributed by atoms with Crippen LogP contribution in [-0.4, -0.2) is 9.97 Å². The summed E-state index contributed by atoms with van der Waals surface area (Å²) in [4.78, 5) is 9.32. The fourth-order valence-corrected chi connectivity index (χ4v) is 4.79. The van der Waals surface area contributed by atoms with Crippen LogP contribution in [0, 0.1) is 12.1 Å². The van der Waals surface area contributed by atoms with Gasteiger partial charge in [-0.3, -0.25) is 9.97 Å². The Hall–Kier alpha value is -3.33. The molecule has 5 heteroatoms. The number of benzene rings is 3. The maximum atomic E-state index is 6.00. The van der Waals surface area contributed by atoms with E-state index < -0.39 is 0 Å². The minimum absolute atomic E-state index is 0. The molecular formula is C28H16N2OPtS.